The zero-order valence-corrected chi connectivity index (χ0v) is 11.1. The second kappa shape index (κ2) is 6.26. The number of ether oxygens (including phenoxy) is 1. The molecule has 4 N–H and O–H groups in total. The first-order valence-corrected chi connectivity index (χ1v) is 5.88. The van der Waals surface area contributed by atoms with Gasteiger partial charge in [0.05, 0.1) is 0 Å². The molecule has 0 spiro atoms. The van der Waals surface area contributed by atoms with Crippen LogP contribution in [0.25, 0.3) is 0 Å². The summed E-state index contributed by atoms with van der Waals surface area (Å²) in [5.74, 6) is 0.858. The molecule has 0 aromatic heterocycles. The highest BCUT2D eigenvalue weighted by molar-refractivity contribution is 5.97. The fourth-order valence-electron chi connectivity index (χ4n) is 1.37. The molecule has 0 atom stereocenters. The Labute approximate surface area is 108 Å². The van der Waals surface area contributed by atoms with Crippen molar-refractivity contribution < 1.29 is 9.94 Å². The molecule has 0 fully saturated rings. The van der Waals surface area contributed by atoms with E-state index in [1.165, 1.54) is 0 Å². The SMILES string of the molecule is CC(C)(C)NCCOc1ccc(C(N)=NO)cc1. The third-order valence-corrected chi connectivity index (χ3v) is 2.28. The number of hydrogen-bond acceptors (Lipinski definition) is 4. The maximum Gasteiger partial charge on any atom is 0.170 e. The van der Waals surface area contributed by atoms with Crippen LogP contribution in [0.3, 0.4) is 0 Å². The van der Waals surface area contributed by atoms with Crippen molar-refractivity contribution in [3.63, 3.8) is 0 Å². The Bertz CT molecular complexity index is 394. The minimum absolute atomic E-state index is 0.0935. The molecular formula is C13H21N3O2. The van der Waals surface area contributed by atoms with Crippen LogP contribution in [0.5, 0.6) is 5.75 Å². The zero-order chi connectivity index (χ0) is 13.6. The zero-order valence-electron chi connectivity index (χ0n) is 11.1. The molecule has 1 rings (SSSR count). The molecule has 5 nitrogen and oxygen atoms in total. The van der Waals surface area contributed by atoms with Gasteiger partial charge in [-0.2, -0.15) is 0 Å². The molecule has 0 unspecified atom stereocenters. The van der Waals surface area contributed by atoms with Gasteiger partial charge in [-0.25, -0.2) is 0 Å². The molecule has 1 aromatic carbocycles. The van der Waals surface area contributed by atoms with E-state index < -0.39 is 0 Å². The number of amidine groups is 1. The van der Waals surface area contributed by atoms with E-state index in [9.17, 15) is 0 Å². The number of nitrogens with zero attached hydrogens (tertiary/aromatic N) is 1. The highest BCUT2D eigenvalue weighted by atomic mass is 16.5. The molecule has 100 valence electrons. The maximum absolute atomic E-state index is 8.53. The molecule has 0 aliphatic carbocycles. The Hall–Kier alpha value is -1.75. The Kier molecular flexibility index (Phi) is 4.97. The predicted octanol–water partition coefficient (Wildman–Crippen LogP) is 1.55. The van der Waals surface area contributed by atoms with Gasteiger partial charge in [-0.3, -0.25) is 0 Å². The summed E-state index contributed by atoms with van der Waals surface area (Å²) in [6.07, 6.45) is 0. The highest BCUT2D eigenvalue weighted by Crippen LogP contribution is 2.11. The molecular weight excluding hydrogens is 230 g/mol. The van der Waals surface area contributed by atoms with Gasteiger partial charge in [-0.1, -0.05) is 5.16 Å². The van der Waals surface area contributed by atoms with Gasteiger partial charge in [0.15, 0.2) is 5.84 Å². The van der Waals surface area contributed by atoms with Crippen LogP contribution >= 0.6 is 0 Å². The third kappa shape index (κ3) is 5.05. The van der Waals surface area contributed by atoms with Crippen LogP contribution in [0.15, 0.2) is 29.4 Å². The minimum atomic E-state index is 0.0935. The van der Waals surface area contributed by atoms with Crippen molar-refractivity contribution in [2.75, 3.05) is 13.2 Å². The van der Waals surface area contributed by atoms with Gasteiger partial charge in [0.1, 0.15) is 12.4 Å². The number of nitrogens with one attached hydrogen (secondary N) is 1. The quantitative estimate of drug-likeness (QED) is 0.244. The van der Waals surface area contributed by atoms with Crippen LogP contribution in [0.1, 0.15) is 26.3 Å². The Morgan fingerprint density at radius 1 is 1.33 bits per heavy atom. The fraction of sp³-hybridized carbons (Fsp3) is 0.462. The smallest absolute Gasteiger partial charge is 0.170 e. The van der Waals surface area contributed by atoms with E-state index in [1.807, 2.05) is 0 Å². The molecule has 0 aliphatic rings. The topological polar surface area (TPSA) is 79.9 Å². The Balaban J connectivity index is 2.40. The average molecular weight is 251 g/mol. The van der Waals surface area contributed by atoms with Gasteiger partial charge in [0.25, 0.3) is 0 Å². The van der Waals surface area contributed by atoms with Crippen LogP contribution in [0, 0.1) is 0 Å². The van der Waals surface area contributed by atoms with E-state index in [0.29, 0.717) is 12.2 Å². The summed E-state index contributed by atoms with van der Waals surface area (Å²) in [6, 6.07) is 7.10. The monoisotopic (exact) mass is 251 g/mol. The second-order valence-corrected chi connectivity index (χ2v) is 5.03. The largest absolute Gasteiger partial charge is 0.492 e. The number of benzene rings is 1. The number of rotatable bonds is 5. The summed E-state index contributed by atoms with van der Waals surface area (Å²) < 4.78 is 5.56. The lowest BCUT2D eigenvalue weighted by atomic mass is 10.1. The molecule has 0 amide bonds. The van der Waals surface area contributed by atoms with Gasteiger partial charge in [-0.15, -0.1) is 0 Å². The predicted molar refractivity (Wildman–Crippen MR) is 72.2 cm³/mol. The molecule has 0 saturated heterocycles. The standard InChI is InChI=1S/C13H21N3O2/c1-13(2,3)15-8-9-18-11-6-4-10(5-7-11)12(14)16-17/h4-7,15,17H,8-9H2,1-3H3,(H2,14,16). The fourth-order valence-corrected chi connectivity index (χ4v) is 1.37. The van der Waals surface area contributed by atoms with E-state index in [4.69, 9.17) is 15.7 Å². The third-order valence-electron chi connectivity index (χ3n) is 2.28. The van der Waals surface area contributed by atoms with Crippen LogP contribution in [0.2, 0.25) is 0 Å². The summed E-state index contributed by atoms with van der Waals surface area (Å²) in [5.41, 5.74) is 6.22. The van der Waals surface area contributed by atoms with Gasteiger partial charge in [-0.05, 0) is 45.0 Å². The number of nitrogens with two attached hydrogens (primary N) is 1. The summed E-state index contributed by atoms with van der Waals surface area (Å²) in [5, 5.41) is 14.8. The van der Waals surface area contributed by atoms with Gasteiger partial charge >= 0.3 is 0 Å². The molecule has 0 saturated carbocycles. The van der Waals surface area contributed by atoms with E-state index in [2.05, 4.69) is 31.2 Å². The van der Waals surface area contributed by atoms with Crippen molar-refractivity contribution in [3.05, 3.63) is 29.8 Å². The van der Waals surface area contributed by atoms with Crippen molar-refractivity contribution >= 4 is 5.84 Å². The molecule has 0 bridgehead atoms. The Morgan fingerprint density at radius 3 is 2.44 bits per heavy atom. The highest BCUT2D eigenvalue weighted by Gasteiger charge is 2.07. The van der Waals surface area contributed by atoms with Gasteiger partial charge < -0.3 is 21.0 Å². The average Bonchev–Trinajstić information content (AvgIpc) is 2.33. The summed E-state index contributed by atoms with van der Waals surface area (Å²) in [7, 11) is 0. The molecule has 0 radical (unpaired) electrons. The van der Waals surface area contributed by atoms with E-state index >= 15 is 0 Å². The molecule has 0 aliphatic heterocycles. The minimum Gasteiger partial charge on any atom is -0.492 e. The first-order chi connectivity index (χ1) is 8.42. The summed E-state index contributed by atoms with van der Waals surface area (Å²) in [6.45, 7) is 7.71. The van der Waals surface area contributed by atoms with E-state index in [-0.39, 0.29) is 11.4 Å². The summed E-state index contributed by atoms with van der Waals surface area (Å²) in [4.78, 5) is 0. The van der Waals surface area contributed by atoms with Crippen molar-refractivity contribution in [1.29, 1.82) is 0 Å². The van der Waals surface area contributed by atoms with Crippen LogP contribution < -0.4 is 15.8 Å². The van der Waals surface area contributed by atoms with Crippen molar-refractivity contribution in [1.82, 2.24) is 5.32 Å². The van der Waals surface area contributed by atoms with Gasteiger partial charge in [0, 0.05) is 17.6 Å². The van der Waals surface area contributed by atoms with Crippen LogP contribution in [0.4, 0.5) is 0 Å². The van der Waals surface area contributed by atoms with Crippen molar-refractivity contribution in [2.45, 2.75) is 26.3 Å². The first-order valence-electron chi connectivity index (χ1n) is 5.88. The maximum atomic E-state index is 8.53. The van der Waals surface area contributed by atoms with Crippen LogP contribution in [-0.2, 0) is 0 Å². The van der Waals surface area contributed by atoms with Gasteiger partial charge in [0.2, 0.25) is 0 Å². The van der Waals surface area contributed by atoms with Crippen molar-refractivity contribution in [3.8, 4) is 5.75 Å². The molecule has 5 heteroatoms. The lowest BCUT2D eigenvalue weighted by molar-refractivity contribution is 0.291. The number of oxime groups is 1. The van der Waals surface area contributed by atoms with E-state index in [1.54, 1.807) is 24.3 Å². The van der Waals surface area contributed by atoms with Crippen LogP contribution in [-0.4, -0.2) is 29.7 Å². The first kappa shape index (κ1) is 14.3. The normalized spacial score (nSPS) is 12.5. The second-order valence-electron chi connectivity index (χ2n) is 5.03. The van der Waals surface area contributed by atoms with Crippen molar-refractivity contribution in [2.24, 2.45) is 10.9 Å². The lowest BCUT2D eigenvalue weighted by Gasteiger charge is -2.20. The Morgan fingerprint density at radius 2 is 1.94 bits per heavy atom. The lowest BCUT2D eigenvalue weighted by Crippen LogP contribution is -2.38. The number of hydrogen-bond donors (Lipinski definition) is 3. The molecule has 0 heterocycles. The molecule has 1 aromatic rings. The molecule has 18 heavy (non-hydrogen) atoms. The van der Waals surface area contributed by atoms with E-state index in [0.717, 1.165) is 12.3 Å². The summed E-state index contributed by atoms with van der Waals surface area (Å²) >= 11 is 0.